The summed E-state index contributed by atoms with van der Waals surface area (Å²) in [6.07, 6.45) is 1.95. The molecule has 1 aromatic carbocycles. The Kier molecular flexibility index (Phi) is 4.87. The van der Waals surface area contributed by atoms with Gasteiger partial charge in [0.15, 0.2) is 0 Å². The molecular formula is C13H19NOS. The van der Waals surface area contributed by atoms with Gasteiger partial charge in [0.05, 0.1) is 11.3 Å². The number of hydrogen-bond acceptors (Lipinski definition) is 2. The quantitative estimate of drug-likeness (QED) is 0.872. The second-order valence-corrected chi connectivity index (χ2v) is 5.14. The molecule has 0 aromatic heterocycles. The summed E-state index contributed by atoms with van der Waals surface area (Å²) in [4.78, 5) is 11.7. The number of rotatable bonds is 4. The standard InChI is InChI=1S/C13H19NOS/c1-9-7-5-6-8-12(9)10(2)14-13(15)11(3)16-4/h5-8,10-11H,1-4H3,(H,14,15)/t10-,11-/m1/s1. The molecular weight excluding hydrogens is 218 g/mol. The number of nitrogens with one attached hydrogen (secondary N) is 1. The van der Waals surface area contributed by atoms with E-state index in [2.05, 4.69) is 24.4 Å². The van der Waals surface area contributed by atoms with Crippen LogP contribution in [0, 0.1) is 6.92 Å². The van der Waals surface area contributed by atoms with Gasteiger partial charge in [-0.1, -0.05) is 24.3 Å². The molecule has 1 rings (SSSR count). The summed E-state index contributed by atoms with van der Waals surface area (Å²) in [5, 5.41) is 3.03. The smallest absolute Gasteiger partial charge is 0.233 e. The molecule has 0 aliphatic heterocycles. The highest BCUT2D eigenvalue weighted by Gasteiger charge is 2.15. The highest BCUT2D eigenvalue weighted by molar-refractivity contribution is 7.99. The van der Waals surface area contributed by atoms with Crippen LogP contribution in [0.2, 0.25) is 0 Å². The van der Waals surface area contributed by atoms with Crippen LogP contribution in [0.15, 0.2) is 24.3 Å². The third-order valence-corrected chi connectivity index (χ3v) is 3.66. The number of aryl methyl sites for hydroxylation is 1. The molecule has 0 saturated heterocycles. The maximum atomic E-state index is 11.7. The van der Waals surface area contributed by atoms with Crippen molar-refractivity contribution in [2.45, 2.75) is 32.1 Å². The molecule has 2 nitrogen and oxygen atoms in total. The Morgan fingerprint density at radius 3 is 2.50 bits per heavy atom. The summed E-state index contributed by atoms with van der Waals surface area (Å²) in [6, 6.07) is 8.21. The summed E-state index contributed by atoms with van der Waals surface area (Å²) in [6.45, 7) is 6.01. The van der Waals surface area contributed by atoms with Crippen molar-refractivity contribution < 1.29 is 4.79 Å². The molecule has 0 spiro atoms. The van der Waals surface area contributed by atoms with Crippen molar-refractivity contribution in [3.63, 3.8) is 0 Å². The molecule has 1 N–H and O–H groups in total. The lowest BCUT2D eigenvalue weighted by molar-refractivity contribution is -0.120. The Bertz CT molecular complexity index is 365. The summed E-state index contributed by atoms with van der Waals surface area (Å²) >= 11 is 1.56. The molecule has 0 heterocycles. The zero-order valence-electron chi connectivity index (χ0n) is 10.3. The first-order valence-corrected chi connectivity index (χ1v) is 6.73. The van der Waals surface area contributed by atoms with Crippen molar-refractivity contribution in [2.75, 3.05) is 6.26 Å². The fraction of sp³-hybridized carbons (Fsp3) is 0.462. The molecule has 0 bridgehead atoms. The topological polar surface area (TPSA) is 29.1 Å². The van der Waals surface area contributed by atoms with E-state index in [1.165, 1.54) is 11.1 Å². The first kappa shape index (κ1) is 13.1. The zero-order valence-corrected chi connectivity index (χ0v) is 11.1. The first-order valence-electron chi connectivity index (χ1n) is 5.45. The monoisotopic (exact) mass is 237 g/mol. The molecule has 0 radical (unpaired) electrons. The molecule has 0 unspecified atom stereocenters. The number of carbonyl (C=O) groups is 1. The normalized spacial score (nSPS) is 14.2. The molecule has 0 saturated carbocycles. The second kappa shape index (κ2) is 5.94. The molecule has 1 amide bonds. The van der Waals surface area contributed by atoms with Crippen LogP contribution in [0.5, 0.6) is 0 Å². The number of thioether (sulfide) groups is 1. The van der Waals surface area contributed by atoms with E-state index >= 15 is 0 Å². The van der Waals surface area contributed by atoms with Gasteiger partial charge in [0.2, 0.25) is 5.91 Å². The van der Waals surface area contributed by atoms with Crippen molar-refractivity contribution >= 4 is 17.7 Å². The van der Waals surface area contributed by atoms with Crippen LogP contribution in [0.1, 0.15) is 31.0 Å². The molecule has 0 aliphatic rings. The van der Waals surface area contributed by atoms with Gasteiger partial charge in [-0.05, 0) is 38.2 Å². The molecule has 2 atom stereocenters. The van der Waals surface area contributed by atoms with E-state index < -0.39 is 0 Å². The van der Waals surface area contributed by atoms with Crippen molar-refractivity contribution in [1.29, 1.82) is 0 Å². The Morgan fingerprint density at radius 2 is 1.94 bits per heavy atom. The lowest BCUT2D eigenvalue weighted by Gasteiger charge is -2.18. The number of amides is 1. The van der Waals surface area contributed by atoms with E-state index in [1.807, 2.05) is 32.2 Å². The second-order valence-electron chi connectivity index (χ2n) is 3.96. The SMILES string of the molecule is CS[C@H](C)C(=O)N[C@H](C)c1ccccc1C. The molecule has 1 aromatic rings. The molecule has 3 heteroatoms. The highest BCUT2D eigenvalue weighted by Crippen LogP contribution is 2.17. The van der Waals surface area contributed by atoms with Gasteiger partial charge in [-0.25, -0.2) is 0 Å². The van der Waals surface area contributed by atoms with Gasteiger partial charge in [0, 0.05) is 0 Å². The highest BCUT2D eigenvalue weighted by atomic mass is 32.2. The van der Waals surface area contributed by atoms with Crippen LogP contribution in [-0.4, -0.2) is 17.4 Å². The van der Waals surface area contributed by atoms with E-state index in [0.29, 0.717) is 0 Å². The van der Waals surface area contributed by atoms with Gasteiger partial charge >= 0.3 is 0 Å². The van der Waals surface area contributed by atoms with Crippen LogP contribution in [-0.2, 0) is 4.79 Å². The van der Waals surface area contributed by atoms with Crippen LogP contribution in [0.3, 0.4) is 0 Å². The number of benzene rings is 1. The Hall–Kier alpha value is -0.960. The predicted molar refractivity (Wildman–Crippen MR) is 70.7 cm³/mol. The minimum atomic E-state index is 0.00599. The van der Waals surface area contributed by atoms with E-state index in [1.54, 1.807) is 11.8 Å². The Balaban J connectivity index is 2.69. The summed E-state index contributed by atoms with van der Waals surface area (Å²) in [5.74, 6) is 0.100. The van der Waals surface area contributed by atoms with Crippen molar-refractivity contribution in [3.8, 4) is 0 Å². The Labute approximate surface area is 102 Å². The van der Waals surface area contributed by atoms with E-state index in [0.717, 1.165) is 0 Å². The minimum absolute atomic E-state index is 0.00599. The fourth-order valence-electron chi connectivity index (χ4n) is 1.59. The van der Waals surface area contributed by atoms with Gasteiger partial charge in [-0.3, -0.25) is 4.79 Å². The third-order valence-electron chi connectivity index (χ3n) is 2.74. The van der Waals surface area contributed by atoms with Crippen LogP contribution >= 0.6 is 11.8 Å². The zero-order chi connectivity index (χ0) is 12.1. The average Bonchev–Trinajstić information content (AvgIpc) is 2.28. The van der Waals surface area contributed by atoms with Crippen molar-refractivity contribution in [2.24, 2.45) is 0 Å². The lowest BCUT2D eigenvalue weighted by atomic mass is 10.0. The van der Waals surface area contributed by atoms with Crippen molar-refractivity contribution in [3.05, 3.63) is 35.4 Å². The predicted octanol–water partition coefficient (Wildman–Crippen LogP) is 2.92. The van der Waals surface area contributed by atoms with Gasteiger partial charge in [-0.2, -0.15) is 11.8 Å². The average molecular weight is 237 g/mol. The van der Waals surface area contributed by atoms with Gasteiger partial charge in [0.1, 0.15) is 0 Å². The minimum Gasteiger partial charge on any atom is -0.349 e. The molecule has 16 heavy (non-hydrogen) atoms. The van der Waals surface area contributed by atoms with Crippen molar-refractivity contribution in [1.82, 2.24) is 5.32 Å². The number of hydrogen-bond donors (Lipinski definition) is 1. The summed E-state index contributed by atoms with van der Waals surface area (Å²) < 4.78 is 0. The van der Waals surface area contributed by atoms with Crippen LogP contribution in [0.4, 0.5) is 0 Å². The van der Waals surface area contributed by atoms with Gasteiger partial charge in [-0.15, -0.1) is 0 Å². The largest absolute Gasteiger partial charge is 0.349 e. The maximum absolute atomic E-state index is 11.7. The Morgan fingerprint density at radius 1 is 1.31 bits per heavy atom. The lowest BCUT2D eigenvalue weighted by Crippen LogP contribution is -2.33. The third kappa shape index (κ3) is 3.27. The van der Waals surface area contributed by atoms with E-state index in [9.17, 15) is 4.79 Å². The molecule has 0 fully saturated rings. The van der Waals surface area contributed by atoms with E-state index in [-0.39, 0.29) is 17.2 Å². The molecule has 88 valence electrons. The first-order chi connectivity index (χ1) is 7.56. The number of carbonyl (C=O) groups excluding carboxylic acids is 1. The van der Waals surface area contributed by atoms with Crippen LogP contribution < -0.4 is 5.32 Å². The van der Waals surface area contributed by atoms with Crippen LogP contribution in [0.25, 0.3) is 0 Å². The summed E-state index contributed by atoms with van der Waals surface area (Å²) in [5.41, 5.74) is 2.40. The van der Waals surface area contributed by atoms with Gasteiger partial charge < -0.3 is 5.32 Å². The summed E-state index contributed by atoms with van der Waals surface area (Å²) in [7, 11) is 0. The van der Waals surface area contributed by atoms with E-state index in [4.69, 9.17) is 0 Å². The molecule has 0 aliphatic carbocycles. The fourth-order valence-corrected chi connectivity index (χ4v) is 1.87. The van der Waals surface area contributed by atoms with Gasteiger partial charge in [0.25, 0.3) is 0 Å². The maximum Gasteiger partial charge on any atom is 0.233 e.